The van der Waals surface area contributed by atoms with E-state index in [1.165, 1.54) is 24.3 Å². The van der Waals surface area contributed by atoms with Crippen molar-refractivity contribution in [2.75, 3.05) is 13.1 Å². The van der Waals surface area contributed by atoms with Crippen molar-refractivity contribution in [3.05, 3.63) is 35.4 Å². The molecule has 0 bridgehead atoms. The third kappa shape index (κ3) is 13.2. The van der Waals surface area contributed by atoms with Gasteiger partial charge in [-0.2, -0.15) is 0 Å². The van der Waals surface area contributed by atoms with Gasteiger partial charge in [0.15, 0.2) is 0 Å². The van der Waals surface area contributed by atoms with E-state index in [1.807, 2.05) is 24.3 Å². The Morgan fingerprint density at radius 1 is 0.577 bits per heavy atom. The van der Waals surface area contributed by atoms with Crippen molar-refractivity contribution in [3.63, 3.8) is 0 Å². The number of hydrogen-bond acceptors (Lipinski definition) is 8. The van der Waals surface area contributed by atoms with Crippen LogP contribution in [0.25, 0.3) is 0 Å². The summed E-state index contributed by atoms with van der Waals surface area (Å²) in [7, 11) is 0. The van der Waals surface area contributed by atoms with Crippen LogP contribution in [0, 0.1) is 0 Å². The highest BCUT2D eigenvalue weighted by Gasteiger charge is 1.99. The first kappa shape index (κ1) is 22.7. The highest BCUT2D eigenvalue weighted by Crippen LogP contribution is 2.10. The molecule has 8 heteroatoms. The second-order valence-electron chi connectivity index (χ2n) is 4.94. The molecule has 0 aliphatic heterocycles. The van der Waals surface area contributed by atoms with Crippen molar-refractivity contribution in [2.45, 2.75) is 38.8 Å². The lowest BCUT2D eigenvalue weighted by molar-refractivity contribution is 0.558. The van der Waals surface area contributed by atoms with E-state index in [1.54, 1.807) is 0 Å². The minimum Gasteiger partial charge on any atom is -0.211 e. The average Bonchev–Trinajstić information content (AvgIpc) is 2.68. The summed E-state index contributed by atoms with van der Waals surface area (Å²) in [5, 5.41) is 0. The minimum atomic E-state index is 0.272. The molecule has 0 unspecified atom stereocenters. The summed E-state index contributed by atoms with van der Waals surface area (Å²) in [6.07, 6.45) is 9.73. The Kier molecular flexibility index (Phi) is 15.8. The van der Waals surface area contributed by atoms with Gasteiger partial charge in [-0.05, 0) is 24.0 Å². The number of unbranched alkanes of at least 4 members (excludes halogenated alkanes) is 3. The van der Waals surface area contributed by atoms with Crippen molar-refractivity contribution in [1.82, 2.24) is 0 Å². The summed E-state index contributed by atoms with van der Waals surface area (Å²) in [4.78, 5) is 52.9. The van der Waals surface area contributed by atoms with Crippen molar-refractivity contribution in [2.24, 2.45) is 20.0 Å². The quantitative estimate of drug-likeness (QED) is 0.344. The lowest BCUT2D eigenvalue weighted by Crippen LogP contribution is -1.90. The second kappa shape index (κ2) is 18.1. The molecule has 0 saturated carbocycles. The third-order valence-corrected chi connectivity index (χ3v) is 3.17. The van der Waals surface area contributed by atoms with Crippen LogP contribution in [-0.2, 0) is 32.3 Å². The molecule has 1 aromatic rings. The van der Waals surface area contributed by atoms with Gasteiger partial charge in [-0.15, -0.1) is 0 Å². The molecule has 8 nitrogen and oxygen atoms in total. The first-order chi connectivity index (χ1) is 12.8. The zero-order chi connectivity index (χ0) is 19.3. The van der Waals surface area contributed by atoms with Crippen molar-refractivity contribution < 1.29 is 19.2 Å². The van der Waals surface area contributed by atoms with Gasteiger partial charge < -0.3 is 0 Å². The van der Waals surface area contributed by atoms with E-state index in [4.69, 9.17) is 0 Å². The first-order valence-electron chi connectivity index (χ1n) is 8.01. The van der Waals surface area contributed by atoms with Crippen LogP contribution in [0.3, 0.4) is 0 Å². The fourth-order valence-corrected chi connectivity index (χ4v) is 1.93. The van der Waals surface area contributed by atoms with Crippen LogP contribution in [0.1, 0.15) is 36.8 Å². The van der Waals surface area contributed by atoms with Crippen molar-refractivity contribution >= 4 is 24.3 Å². The molecule has 0 heterocycles. The molecule has 26 heavy (non-hydrogen) atoms. The Balaban J connectivity index is 0.000000488. The first-order valence-corrected chi connectivity index (χ1v) is 8.01. The smallest absolute Gasteiger partial charge is 0.211 e. The summed E-state index contributed by atoms with van der Waals surface area (Å²) in [5.41, 5.74) is 1.74. The van der Waals surface area contributed by atoms with E-state index in [-0.39, 0.29) is 13.1 Å². The van der Waals surface area contributed by atoms with Crippen LogP contribution >= 0.6 is 0 Å². The third-order valence-electron chi connectivity index (χ3n) is 3.17. The summed E-state index contributed by atoms with van der Waals surface area (Å²) in [6.45, 7) is 1.66. The number of carbonyl (C=O) groups excluding carboxylic acids is 4. The zero-order valence-corrected chi connectivity index (χ0v) is 14.4. The van der Waals surface area contributed by atoms with E-state index in [0.717, 1.165) is 36.8 Å². The number of isocyanates is 4. The molecule has 0 radical (unpaired) electrons. The lowest BCUT2D eigenvalue weighted by atomic mass is 10.1. The van der Waals surface area contributed by atoms with Gasteiger partial charge in [0.1, 0.15) is 0 Å². The number of nitrogens with zero attached hydrogens (tertiary/aromatic N) is 4. The molecule has 0 aliphatic carbocycles. The summed E-state index contributed by atoms with van der Waals surface area (Å²) in [5.74, 6) is 0. The molecule has 1 rings (SSSR count). The topological polar surface area (TPSA) is 118 Å². The number of hydrogen-bond donors (Lipinski definition) is 0. The second-order valence-corrected chi connectivity index (χ2v) is 4.94. The molecule has 0 saturated heterocycles. The van der Waals surface area contributed by atoms with Crippen molar-refractivity contribution in [1.29, 1.82) is 0 Å². The zero-order valence-electron chi connectivity index (χ0n) is 14.4. The summed E-state index contributed by atoms with van der Waals surface area (Å²) < 4.78 is 0. The molecular weight excluding hydrogens is 336 g/mol. The summed E-state index contributed by atoms with van der Waals surface area (Å²) in [6, 6.07) is 7.33. The van der Waals surface area contributed by atoms with Gasteiger partial charge in [-0.3, -0.25) is 0 Å². The predicted molar refractivity (Wildman–Crippen MR) is 94.5 cm³/mol. The number of rotatable bonds is 11. The van der Waals surface area contributed by atoms with Crippen LogP contribution in [0.15, 0.2) is 44.2 Å². The van der Waals surface area contributed by atoms with Crippen LogP contribution < -0.4 is 0 Å². The largest absolute Gasteiger partial charge is 0.235 e. The molecule has 0 fully saturated rings. The van der Waals surface area contributed by atoms with E-state index < -0.39 is 0 Å². The standard InChI is InChI=1S/C10H8N2O2.C8H12N2O2/c13-7-11-5-9-3-1-2-4-10(9)6-12-8-14;11-7-9-5-3-1-2-4-6-10-8-12/h1-4H,5-6H2;1-6H2. The maximum Gasteiger partial charge on any atom is 0.235 e. The SMILES string of the molecule is O=C=NCCCCCCN=C=O.O=C=NCc1ccccc1CN=C=O. The molecule has 136 valence electrons. The molecule has 0 N–H and O–H groups in total. The van der Waals surface area contributed by atoms with E-state index in [9.17, 15) is 19.2 Å². The van der Waals surface area contributed by atoms with Crippen LogP contribution in [0.5, 0.6) is 0 Å². The molecule has 0 atom stereocenters. The van der Waals surface area contributed by atoms with Gasteiger partial charge in [0.05, 0.1) is 26.2 Å². The molecule has 0 aromatic heterocycles. The minimum absolute atomic E-state index is 0.272. The van der Waals surface area contributed by atoms with E-state index in [0.29, 0.717) is 13.1 Å². The highest BCUT2D eigenvalue weighted by molar-refractivity contribution is 5.37. The predicted octanol–water partition coefficient (Wildman–Crippen LogP) is 2.58. The van der Waals surface area contributed by atoms with Gasteiger partial charge in [0.25, 0.3) is 0 Å². The molecule has 0 aliphatic rings. The van der Waals surface area contributed by atoms with Crippen LogP contribution in [0.4, 0.5) is 0 Å². The Morgan fingerprint density at radius 3 is 1.31 bits per heavy atom. The van der Waals surface area contributed by atoms with Gasteiger partial charge in [-0.25, -0.2) is 39.1 Å². The fraction of sp³-hybridized carbons (Fsp3) is 0.444. The Hall–Kier alpha value is -3.26. The fourth-order valence-electron chi connectivity index (χ4n) is 1.93. The molecular formula is C18H20N4O4. The molecule has 0 spiro atoms. The van der Waals surface area contributed by atoms with Gasteiger partial charge in [0, 0.05) is 0 Å². The van der Waals surface area contributed by atoms with E-state index >= 15 is 0 Å². The van der Waals surface area contributed by atoms with Crippen molar-refractivity contribution in [3.8, 4) is 0 Å². The number of benzene rings is 1. The normalized spacial score (nSPS) is 8.46. The van der Waals surface area contributed by atoms with Gasteiger partial charge >= 0.3 is 0 Å². The average molecular weight is 356 g/mol. The van der Waals surface area contributed by atoms with Crippen LogP contribution in [0.2, 0.25) is 0 Å². The lowest BCUT2D eigenvalue weighted by Gasteiger charge is -2.01. The van der Waals surface area contributed by atoms with Gasteiger partial charge in [-0.1, -0.05) is 37.1 Å². The van der Waals surface area contributed by atoms with Crippen LogP contribution in [-0.4, -0.2) is 37.4 Å². The maximum absolute atomic E-state index is 9.93. The Bertz CT molecular complexity index is 649. The molecule has 0 amide bonds. The highest BCUT2D eigenvalue weighted by atomic mass is 16.1. The summed E-state index contributed by atoms with van der Waals surface area (Å²) >= 11 is 0. The van der Waals surface area contributed by atoms with Gasteiger partial charge in [0.2, 0.25) is 24.3 Å². The molecule has 1 aromatic carbocycles. The monoisotopic (exact) mass is 356 g/mol. The Morgan fingerprint density at radius 2 is 0.962 bits per heavy atom. The number of aliphatic imine (C=N–C) groups is 4. The maximum atomic E-state index is 9.93. The van der Waals surface area contributed by atoms with E-state index in [2.05, 4.69) is 20.0 Å². The Labute approximate surface area is 151 Å².